The van der Waals surface area contributed by atoms with Gasteiger partial charge < -0.3 is 0 Å². The van der Waals surface area contributed by atoms with E-state index in [1.54, 1.807) is 10.9 Å². The topological polar surface area (TPSA) is 76.5 Å². The summed E-state index contributed by atoms with van der Waals surface area (Å²) in [4.78, 5) is 11.9. The fourth-order valence-corrected chi connectivity index (χ4v) is 1.75. The SMILES string of the molecule is O=C(c1cn(CC2CC2)nn1)c1cc(Cl)[nH]n1. The fourth-order valence-electron chi connectivity index (χ4n) is 1.60. The van der Waals surface area contributed by atoms with Crippen LogP contribution < -0.4 is 0 Å². The fraction of sp³-hybridized carbons (Fsp3) is 0.400. The van der Waals surface area contributed by atoms with Gasteiger partial charge in [-0.1, -0.05) is 16.8 Å². The molecular formula is C10H10ClN5O. The molecular weight excluding hydrogens is 242 g/mol. The summed E-state index contributed by atoms with van der Waals surface area (Å²) in [5.41, 5.74) is 0.558. The minimum absolute atomic E-state index is 0.258. The van der Waals surface area contributed by atoms with E-state index in [4.69, 9.17) is 11.6 Å². The summed E-state index contributed by atoms with van der Waals surface area (Å²) >= 11 is 5.66. The second-order valence-electron chi connectivity index (χ2n) is 4.20. The number of hydrogen-bond acceptors (Lipinski definition) is 4. The molecule has 0 saturated heterocycles. The largest absolute Gasteiger partial charge is 0.285 e. The molecule has 1 aliphatic carbocycles. The predicted octanol–water partition coefficient (Wildman–Crippen LogP) is 1.30. The van der Waals surface area contributed by atoms with Gasteiger partial charge in [0.15, 0.2) is 5.69 Å². The maximum absolute atomic E-state index is 11.9. The molecule has 0 bridgehead atoms. The van der Waals surface area contributed by atoms with Gasteiger partial charge in [-0.2, -0.15) is 5.10 Å². The van der Waals surface area contributed by atoms with Gasteiger partial charge in [-0.3, -0.25) is 14.6 Å². The number of halogens is 1. The van der Waals surface area contributed by atoms with E-state index in [-0.39, 0.29) is 11.5 Å². The molecule has 2 heterocycles. The van der Waals surface area contributed by atoms with Crippen LogP contribution in [0.3, 0.4) is 0 Å². The molecule has 0 unspecified atom stereocenters. The number of aromatic nitrogens is 5. The van der Waals surface area contributed by atoms with Crippen molar-refractivity contribution >= 4 is 17.4 Å². The number of carbonyl (C=O) groups excluding carboxylic acids is 1. The summed E-state index contributed by atoms with van der Waals surface area (Å²) < 4.78 is 1.71. The van der Waals surface area contributed by atoms with Crippen LogP contribution in [0.25, 0.3) is 0 Å². The molecule has 1 saturated carbocycles. The molecule has 2 aromatic rings. The molecule has 1 N–H and O–H groups in total. The number of H-pyrrole nitrogens is 1. The van der Waals surface area contributed by atoms with Crippen molar-refractivity contribution in [3.8, 4) is 0 Å². The standard InChI is InChI=1S/C10H10ClN5O/c11-9-3-7(12-14-9)10(17)8-5-16(15-13-8)4-6-1-2-6/h3,5-6H,1-2,4H2,(H,12,14). The minimum Gasteiger partial charge on any atom is -0.285 e. The number of aromatic amines is 1. The Morgan fingerprint density at radius 2 is 2.35 bits per heavy atom. The summed E-state index contributed by atoms with van der Waals surface area (Å²) in [6.45, 7) is 0.835. The number of nitrogens with zero attached hydrogens (tertiary/aromatic N) is 4. The van der Waals surface area contributed by atoms with Crippen LogP contribution in [0.15, 0.2) is 12.3 Å². The van der Waals surface area contributed by atoms with Crippen molar-refractivity contribution in [2.24, 2.45) is 5.92 Å². The minimum atomic E-state index is -0.268. The lowest BCUT2D eigenvalue weighted by atomic mass is 10.2. The van der Waals surface area contributed by atoms with Gasteiger partial charge in [-0.15, -0.1) is 5.10 Å². The number of nitrogens with one attached hydrogen (secondary N) is 1. The van der Waals surface area contributed by atoms with Crippen molar-refractivity contribution in [3.05, 3.63) is 28.8 Å². The molecule has 0 aliphatic heterocycles. The molecule has 1 fully saturated rings. The van der Waals surface area contributed by atoms with Gasteiger partial charge in [0.05, 0.1) is 6.20 Å². The highest BCUT2D eigenvalue weighted by atomic mass is 35.5. The monoisotopic (exact) mass is 251 g/mol. The highest BCUT2D eigenvalue weighted by molar-refractivity contribution is 6.29. The molecule has 0 radical (unpaired) electrons. The zero-order valence-corrected chi connectivity index (χ0v) is 9.68. The molecule has 3 rings (SSSR count). The van der Waals surface area contributed by atoms with Crippen LogP contribution in [0.5, 0.6) is 0 Å². The Bertz CT molecular complexity index is 557. The number of ketones is 1. The maximum atomic E-state index is 11.9. The highest BCUT2D eigenvalue weighted by Gasteiger charge is 2.23. The normalized spacial score (nSPS) is 15.1. The Morgan fingerprint density at radius 3 is 3.00 bits per heavy atom. The molecule has 0 atom stereocenters. The van der Waals surface area contributed by atoms with E-state index in [0.717, 1.165) is 6.54 Å². The molecule has 1 aliphatic rings. The molecule has 6 nitrogen and oxygen atoms in total. The smallest absolute Gasteiger partial charge is 0.235 e. The third kappa shape index (κ3) is 2.21. The summed E-state index contributed by atoms with van der Waals surface area (Å²) in [5.74, 6) is 0.426. The van der Waals surface area contributed by atoms with Crippen LogP contribution in [0.2, 0.25) is 5.15 Å². The Labute approximate surface area is 102 Å². The van der Waals surface area contributed by atoms with E-state index in [2.05, 4.69) is 20.5 Å². The lowest BCUT2D eigenvalue weighted by Gasteiger charge is -1.94. The number of rotatable bonds is 4. The van der Waals surface area contributed by atoms with Crippen molar-refractivity contribution < 1.29 is 4.79 Å². The first-order valence-corrected chi connectivity index (χ1v) is 5.76. The van der Waals surface area contributed by atoms with E-state index >= 15 is 0 Å². The van der Waals surface area contributed by atoms with Gasteiger partial charge in [0, 0.05) is 12.6 Å². The third-order valence-corrected chi connectivity index (χ3v) is 2.89. The van der Waals surface area contributed by atoms with Crippen molar-refractivity contribution in [2.75, 3.05) is 0 Å². The van der Waals surface area contributed by atoms with E-state index in [1.165, 1.54) is 18.9 Å². The van der Waals surface area contributed by atoms with Gasteiger partial charge in [0.2, 0.25) is 5.78 Å². The average molecular weight is 252 g/mol. The van der Waals surface area contributed by atoms with Crippen LogP contribution in [0.1, 0.15) is 29.0 Å². The van der Waals surface area contributed by atoms with Gasteiger partial charge >= 0.3 is 0 Å². The molecule has 0 spiro atoms. The van der Waals surface area contributed by atoms with E-state index < -0.39 is 0 Å². The Hall–Kier alpha value is -1.69. The molecule has 2 aromatic heterocycles. The average Bonchev–Trinajstić information content (AvgIpc) is 2.83. The molecule has 0 aromatic carbocycles. The van der Waals surface area contributed by atoms with Crippen molar-refractivity contribution in [2.45, 2.75) is 19.4 Å². The predicted molar refractivity (Wildman–Crippen MR) is 59.8 cm³/mol. The van der Waals surface area contributed by atoms with Crippen molar-refractivity contribution in [1.82, 2.24) is 25.2 Å². The van der Waals surface area contributed by atoms with E-state index in [1.807, 2.05) is 0 Å². The Morgan fingerprint density at radius 1 is 1.53 bits per heavy atom. The summed E-state index contributed by atoms with van der Waals surface area (Å²) in [6.07, 6.45) is 4.12. The van der Waals surface area contributed by atoms with Gasteiger partial charge in [-0.05, 0) is 18.8 Å². The van der Waals surface area contributed by atoms with Crippen LogP contribution in [0.4, 0.5) is 0 Å². The quantitative estimate of drug-likeness (QED) is 0.831. The highest BCUT2D eigenvalue weighted by Crippen LogP contribution is 2.30. The Kier molecular flexibility index (Phi) is 2.44. The van der Waals surface area contributed by atoms with E-state index in [9.17, 15) is 4.79 Å². The second kappa shape index (κ2) is 3.96. The summed E-state index contributed by atoms with van der Waals surface area (Å²) in [6, 6.07) is 1.48. The lowest BCUT2D eigenvalue weighted by Crippen LogP contribution is -2.02. The first kappa shape index (κ1) is 10.5. The lowest BCUT2D eigenvalue weighted by molar-refractivity contribution is 0.102. The zero-order chi connectivity index (χ0) is 11.8. The van der Waals surface area contributed by atoms with E-state index in [0.29, 0.717) is 16.8 Å². The van der Waals surface area contributed by atoms with Crippen LogP contribution in [0, 0.1) is 5.92 Å². The molecule has 0 amide bonds. The molecule has 7 heteroatoms. The number of hydrogen-bond donors (Lipinski definition) is 1. The van der Waals surface area contributed by atoms with Crippen molar-refractivity contribution in [3.63, 3.8) is 0 Å². The van der Waals surface area contributed by atoms with Gasteiger partial charge in [-0.25, -0.2) is 0 Å². The summed E-state index contributed by atoms with van der Waals surface area (Å²) in [5, 5.41) is 14.4. The Balaban J connectivity index is 1.78. The van der Waals surface area contributed by atoms with Crippen molar-refractivity contribution in [1.29, 1.82) is 0 Å². The first-order valence-electron chi connectivity index (χ1n) is 5.38. The number of carbonyl (C=O) groups is 1. The third-order valence-electron chi connectivity index (χ3n) is 2.69. The first-order chi connectivity index (χ1) is 8.22. The van der Waals surface area contributed by atoms with Gasteiger partial charge in [0.1, 0.15) is 10.8 Å². The van der Waals surface area contributed by atoms with Crippen LogP contribution in [-0.4, -0.2) is 31.0 Å². The molecule has 88 valence electrons. The van der Waals surface area contributed by atoms with Gasteiger partial charge in [0.25, 0.3) is 0 Å². The maximum Gasteiger partial charge on any atom is 0.235 e. The molecule has 17 heavy (non-hydrogen) atoms. The zero-order valence-electron chi connectivity index (χ0n) is 8.93. The second-order valence-corrected chi connectivity index (χ2v) is 4.61. The summed E-state index contributed by atoms with van der Waals surface area (Å²) in [7, 11) is 0. The van der Waals surface area contributed by atoms with Crippen LogP contribution in [-0.2, 0) is 6.54 Å². The van der Waals surface area contributed by atoms with Crippen LogP contribution >= 0.6 is 11.6 Å².